The van der Waals surface area contributed by atoms with Crippen molar-refractivity contribution in [3.8, 4) is 0 Å². The van der Waals surface area contributed by atoms with E-state index in [4.69, 9.17) is 14.2 Å². The maximum absolute atomic E-state index is 6.10. The zero-order chi connectivity index (χ0) is 12.4. The van der Waals surface area contributed by atoms with Crippen LogP contribution in [-0.2, 0) is 14.2 Å². The van der Waals surface area contributed by atoms with Crippen LogP contribution in [0, 0.1) is 16.7 Å². The second-order valence-electron chi connectivity index (χ2n) is 6.22. The highest BCUT2D eigenvalue weighted by Crippen LogP contribution is 2.68. The standard InChI is InChI=1S/C13H24O3/c1-8-9-10(14-6)13(15-7,16-8)12(4,5)11(9,2)3/h8-10H,1-7H3. The molecule has 0 amide bonds. The van der Waals surface area contributed by atoms with E-state index in [1.165, 1.54) is 0 Å². The van der Waals surface area contributed by atoms with Gasteiger partial charge < -0.3 is 14.2 Å². The highest BCUT2D eigenvalue weighted by atomic mass is 16.7. The second-order valence-corrected chi connectivity index (χ2v) is 6.22. The van der Waals surface area contributed by atoms with Gasteiger partial charge in [-0.05, 0) is 12.3 Å². The van der Waals surface area contributed by atoms with Gasteiger partial charge in [0, 0.05) is 25.6 Å². The molecule has 4 atom stereocenters. The normalized spacial score (nSPS) is 48.6. The van der Waals surface area contributed by atoms with E-state index in [0.29, 0.717) is 5.92 Å². The number of hydrogen-bond acceptors (Lipinski definition) is 3. The van der Waals surface area contributed by atoms with Crippen molar-refractivity contribution in [2.75, 3.05) is 14.2 Å². The van der Waals surface area contributed by atoms with Crippen molar-refractivity contribution >= 4 is 0 Å². The molecule has 1 saturated heterocycles. The van der Waals surface area contributed by atoms with E-state index in [1.54, 1.807) is 14.2 Å². The number of methoxy groups -OCH3 is 2. The van der Waals surface area contributed by atoms with Crippen molar-refractivity contribution in [1.29, 1.82) is 0 Å². The van der Waals surface area contributed by atoms with Crippen LogP contribution in [-0.4, -0.2) is 32.2 Å². The molecule has 2 rings (SSSR count). The first-order valence-corrected chi connectivity index (χ1v) is 6.02. The fraction of sp³-hybridized carbons (Fsp3) is 1.00. The highest BCUT2D eigenvalue weighted by Gasteiger charge is 2.76. The van der Waals surface area contributed by atoms with Gasteiger partial charge in [-0.1, -0.05) is 27.7 Å². The topological polar surface area (TPSA) is 27.7 Å². The van der Waals surface area contributed by atoms with Gasteiger partial charge in [0.15, 0.2) is 0 Å². The molecule has 1 aliphatic heterocycles. The van der Waals surface area contributed by atoms with Crippen LogP contribution in [0.25, 0.3) is 0 Å². The molecular formula is C13H24O3. The molecule has 2 bridgehead atoms. The average Bonchev–Trinajstić information content (AvgIpc) is 2.56. The summed E-state index contributed by atoms with van der Waals surface area (Å²) in [5, 5.41) is 0. The lowest BCUT2D eigenvalue weighted by atomic mass is 9.63. The summed E-state index contributed by atoms with van der Waals surface area (Å²) in [6.07, 6.45) is 0.213. The Labute approximate surface area is 98.4 Å². The van der Waals surface area contributed by atoms with Gasteiger partial charge >= 0.3 is 0 Å². The highest BCUT2D eigenvalue weighted by molar-refractivity contribution is 5.19. The van der Waals surface area contributed by atoms with Crippen LogP contribution in [0.1, 0.15) is 34.6 Å². The summed E-state index contributed by atoms with van der Waals surface area (Å²) >= 11 is 0. The summed E-state index contributed by atoms with van der Waals surface area (Å²) in [7, 11) is 3.48. The van der Waals surface area contributed by atoms with Gasteiger partial charge in [-0.15, -0.1) is 0 Å². The molecule has 2 fully saturated rings. The maximum Gasteiger partial charge on any atom is 0.200 e. The van der Waals surface area contributed by atoms with Crippen LogP contribution in [0.3, 0.4) is 0 Å². The van der Waals surface area contributed by atoms with Crippen LogP contribution in [0.15, 0.2) is 0 Å². The number of ether oxygens (including phenoxy) is 3. The summed E-state index contributed by atoms with van der Waals surface area (Å²) in [5.41, 5.74) is 0.0773. The SMILES string of the molecule is COC1C2C(C)OC1(OC)C(C)(C)C2(C)C. The van der Waals surface area contributed by atoms with Gasteiger partial charge in [0.25, 0.3) is 0 Å². The Morgan fingerprint density at radius 1 is 1.06 bits per heavy atom. The van der Waals surface area contributed by atoms with Crippen molar-refractivity contribution in [2.45, 2.75) is 52.6 Å². The van der Waals surface area contributed by atoms with Crippen LogP contribution in [0.5, 0.6) is 0 Å². The van der Waals surface area contributed by atoms with Gasteiger partial charge in [-0.2, -0.15) is 0 Å². The van der Waals surface area contributed by atoms with Crippen LogP contribution in [0.2, 0.25) is 0 Å². The second kappa shape index (κ2) is 3.21. The minimum absolute atomic E-state index is 0.0255. The Balaban J connectivity index is 2.56. The smallest absolute Gasteiger partial charge is 0.200 e. The van der Waals surface area contributed by atoms with E-state index in [0.717, 1.165) is 0 Å². The average molecular weight is 228 g/mol. The predicted octanol–water partition coefficient (Wildman–Crippen LogP) is 2.45. The molecule has 1 saturated carbocycles. The zero-order valence-electron chi connectivity index (χ0n) is 11.5. The zero-order valence-corrected chi connectivity index (χ0v) is 11.5. The molecule has 16 heavy (non-hydrogen) atoms. The molecule has 0 aromatic rings. The first kappa shape index (κ1) is 12.3. The third-order valence-corrected chi connectivity index (χ3v) is 5.44. The third kappa shape index (κ3) is 1.00. The molecule has 0 spiro atoms. The molecule has 94 valence electrons. The van der Waals surface area contributed by atoms with E-state index in [2.05, 4.69) is 34.6 Å². The molecule has 3 nitrogen and oxygen atoms in total. The Hall–Kier alpha value is -0.120. The van der Waals surface area contributed by atoms with Crippen LogP contribution in [0.4, 0.5) is 0 Å². The van der Waals surface area contributed by atoms with Crippen molar-refractivity contribution < 1.29 is 14.2 Å². The molecule has 1 aliphatic carbocycles. The summed E-state index contributed by atoms with van der Waals surface area (Å²) < 4.78 is 17.6. The molecule has 0 aromatic heterocycles. The summed E-state index contributed by atoms with van der Waals surface area (Å²) in [5.74, 6) is -0.220. The Morgan fingerprint density at radius 3 is 2.00 bits per heavy atom. The largest absolute Gasteiger partial charge is 0.375 e. The van der Waals surface area contributed by atoms with Crippen molar-refractivity contribution in [3.63, 3.8) is 0 Å². The summed E-state index contributed by atoms with van der Waals surface area (Å²) in [6, 6.07) is 0. The maximum atomic E-state index is 6.10. The van der Waals surface area contributed by atoms with Crippen molar-refractivity contribution in [1.82, 2.24) is 0 Å². The quantitative estimate of drug-likeness (QED) is 0.726. The molecular weight excluding hydrogens is 204 g/mol. The summed E-state index contributed by atoms with van der Waals surface area (Å²) in [4.78, 5) is 0. The fourth-order valence-corrected chi connectivity index (χ4v) is 3.95. The molecule has 0 aromatic carbocycles. The minimum Gasteiger partial charge on any atom is -0.375 e. The van der Waals surface area contributed by atoms with Crippen molar-refractivity contribution in [3.05, 3.63) is 0 Å². The molecule has 1 heterocycles. The fourth-order valence-electron chi connectivity index (χ4n) is 3.95. The van der Waals surface area contributed by atoms with Crippen molar-refractivity contribution in [2.24, 2.45) is 16.7 Å². The van der Waals surface area contributed by atoms with Crippen LogP contribution >= 0.6 is 0 Å². The van der Waals surface area contributed by atoms with Gasteiger partial charge in [0.1, 0.15) is 6.10 Å². The number of hydrogen-bond donors (Lipinski definition) is 0. The Bertz CT molecular complexity index is 298. The molecule has 0 radical (unpaired) electrons. The lowest BCUT2D eigenvalue weighted by Gasteiger charge is -2.51. The van der Waals surface area contributed by atoms with E-state index >= 15 is 0 Å². The number of fused-ring (bicyclic) bond motifs is 2. The number of rotatable bonds is 2. The molecule has 3 heteroatoms. The lowest BCUT2D eigenvalue weighted by Crippen LogP contribution is -2.56. The Kier molecular flexibility index (Phi) is 2.48. The minimum atomic E-state index is -0.602. The van der Waals surface area contributed by atoms with E-state index in [1.807, 2.05) is 0 Å². The van der Waals surface area contributed by atoms with Crippen LogP contribution < -0.4 is 0 Å². The van der Waals surface area contributed by atoms with E-state index in [9.17, 15) is 0 Å². The summed E-state index contributed by atoms with van der Waals surface area (Å²) in [6.45, 7) is 11.1. The third-order valence-electron chi connectivity index (χ3n) is 5.44. The van der Waals surface area contributed by atoms with Gasteiger partial charge in [-0.3, -0.25) is 0 Å². The lowest BCUT2D eigenvalue weighted by molar-refractivity contribution is -0.317. The first-order chi connectivity index (χ1) is 7.26. The Morgan fingerprint density at radius 2 is 1.62 bits per heavy atom. The molecule has 4 unspecified atom stereocenters. The molecule has 2 aliphatic rings. The van der Waals surface area contributed by atoms with Gasteiger partial charge in [0.05, 0.1) is 6.10 Å². The predicted molar refractivity (Wildman–Crippen MR) is 62.1 cm³/mol. The van der Waals surface area contributed by atoms with E-state index < -0.39 is 5.79 Å². The van der Waals surface area contributed by atoms with E-state index in [-0.39, 0.29) is 23.0 Å². The first-order valence-electron chi connectivity index (χ1n) is 6.02. The monoisotopic (exact) mass is 228 g/mol. The van der Waals surface area contributed by atoms with Gasteiger partial charge in [-0.25, -0.2) is 0 Å². The van der Waals surface area contributed by atoms with Gasteiger partial charge in [0.2, 0.25) is 5.79 Å². The molecule has 0 N–H and O–H groups in total.